The van der Waals surface area contributed by atoms with Gasteiger partial charge in [-0.1, -0.05) is 0 Å². The van der Waals surface area contributed by atoms with Gasteiger partial charge in [-0.25, -0.2) is 10.0 Å². The normalized spacial score (nSPS) is 11.4. The van der Waals surface area contributed by atoms with E-state index in [1.54, 1.807) is 0 Å². The number of nitrogens with zero attached hydrogens (tertiary/aromatic N) is 2. The van der Waals surface area contributed by atoms with Gasteiger partial charge >= 0.3 is 6.18 Å². The van der Waals surface area contributed by atoms with Crippen LogP contribution in [-0.2, 0) is 11.0 Å². The van der Waals surface area contributed by atoms with Gasteiger partial charge in [0.25, 0.3) is 5.91 Å². The van der Waals surface area contributed by atoms with Gasteiger partial charge in [-0.2, -0.15) is 13.2 Å². The minimum Gasteiger partial charge on any atom is -0.274 e. The minimum absolute atomic E-state index is 0.00808. The van der Waals surface area contributed by atoms with Crippen LogP contribution in [0.25, 0.3) is 0 Å². The molecule has 0 aliphatic carbocycles. The summed E-state index contributed by atoms with van der Waals surface area (Å²) in [6.07, 6.45) is -4.51. The lowest BCUT2D eigenvalue weighted by atomic mass is 10.1. The van der Waals surface area contributed by atoms with Gasteiger partial charge in [0.05, 0.1) is 18.4 Å². The van der Waals surface area contributed by atoms with Crippen LogP contribution in [0.3, 0.4) is 0 Å². The highest BCUT2D eigenvalue weighted by Crippen LogP contribution is 2.28. The maximum absolute atomic E-state index is 12.3. The quantitative estimate of drug-likeness (QED) is 0.752. The highest BCUT2D eigenvalue weighted by molar-refractivity contribution is 5.94. The molecule has 1 heterocycles. The minimum atomic E-state index is -4.51. The van der Waals surface area contributed by atoms with Crippen molar-refractivity contribution in [3.05, 3.63) is 29.1 Å². The van der Waals surface area contributed by atoms with E-state index in [2.05, 4.69) is 9.82 Å². The van der Waals surface area contributed by atoms with Gasteiger partial charge in [0.15, 0.2) is 0 Å². The molecule has 0 aliphatic heterocycles. The average Bonchev–Trinajstić information content (AvgIpc) is 2.25. The summed E-state index contributed by atoms with van der Waals surface area (Å²) in [5.74, 6) is -0.550. The SMILES string of the molecule is CON(C)C(=O)c1ccc(C(F)(F)F)nc1C. The Labute approximate surface area is 96.0 Å². The molecule has 0 unspecified atom stereocenters. The second kappa shape index (κ2) is 4.70. The van der Waals surface area contributed by atoms with E-state index in [-0.39, 0.29) is 11.3 Å². The Hall–Kier alpha value is -1.63. The van der Waals surface area contributed by atoms with E-state index < -0.39 is 17.8 Å². The van der Waals surface area contributed by atoms with Crippen LogP contribution >= 0.6 is 0 Å². The Kier molecular flexibility index (Phi) is 3.72. The largest absolute Gasteiger partial charge is 0.433 e. The molecule has 7 heteroatoms. The monoisotopic (exact) mass is 248 g/mol. The van der Waals surface area contributed by atoms with Gasteiger partial charge in [0.1, 0.15) is 5.69 Å². The fourth-order valence-corrected chi connectivity index (χ4v) is 1.20. The van der Waals surface area contributed by atoms with Crippen molar-refractivity contribution in [2.24, 2.45) is 0 Å². The molecule has 0 bridgehead atoms. The standard InChI is InChI=1S/C10H11F3N2O2/c1-6-7(9(16)15(2)17-3)4-5-8(14-6)10(11,12)13/h4-5H,1-3H3. The molecule has 0 saturated carbocycles. The zero-order valence-electron chi connectivity index (χ0n) is 9.50. The predicted molar refractivity (Wildman–Crippen MR) is 53.1 cm³/mol. The van der Waals surface area contributed by atoms with E-state index in [1.165, 1.54) is 21.1 Å². The lowest BCUT2D eigenvalue weighted by Gasteiger charge is -2.15. The van der Waals surface area contributed by atoms with Crippen LogP contribution in [0.1, 0.15) is 21.7 Å². The number of hydroxylamine groups is 2. The molecule has 1 rings (SSSR count). The lowest BCUT2D eigenvalue weighted by Crippen LogP contribution is -2.26. The number of pyridine rings is 1. The highest BCUT2D eigenvalue weighted by atomic mass is 19.4. The number of aromatic nitrogens is 1. The molecular formula is C10H11F3N2O2. The lowest BCUT2D eigenvalue weighted by molar-refractivity contribution is -0.141. The van der Waals surface area contributed by atoms with E-state index in [1.807, 2.05) is 0 Å². The van der Waals surface area contributed by atoms with Crippen LogP contribution in [0.15, 0.2) is 12.1 Å². The first-order valence-electron chi connectivity index (χ1n) is 4.64. The van der Waals surface area contributed by atoms with Crippen LogP contribution in [0, 0.1) is 6.92 Å². The Morgan fingerprint density at radius 3 is 2.41 bits per heavy atom. The molecule has 4 nitrogen and oxygen atoms in total. The smallest absolute Gasteiger partial charge is 0.274 e. The van der Waals surface area contributed by atoms with Gasteiger partial charge in [0.2, 0.25) is 0 Å². The number of carbonyl (C=O) groups excluding carboxylic acids is 1. The summed E-state index contributed by atoms with van der Waals surface area (Å²) in [6, 6.07) is 1.85. The van der Waals surface area contributed by atoms with Gasteiger partial charge in [-0.05, 0) is 19.1 Å². The summed E-state index contributed by atoms with van der Waals surface area (Å²) in [5, 5.41) is 0.914. The van der Waals surface area contributed by atoms with E-state index >= 15 is 0 Å². The fourth-order valence-electron chi connectivity index (χ4n) is 1.20. The molecule has 17 heavy (non-hydrogen) atoms. The average molecular weight is 248 g/mol. The molecule has 0 aliphatic rings. The Bertz CT molecular complexity index is 432. The summed E-state index contributed by atoms with van der Waals surface area (Å²) < 4.78 is 37.0. The van der Waals surface area contributed by atoms with Crippen LogP contribution < -0.4 is 0 Å². The van der Waals surface area contributed by atoms with Crippen LogP contribution in [0.2, 0.25) is 0 Å². The van der Waals surface area contributed by atoms with Gasteiger partial charge < -0.3 is 0 Å². The van der Waals surface area contributed by atoms with Crippen molar-refractivity contribution in [3.63, 3.8) is 0 Å². The maximum atomic E-state index is 12.3. The number of hydrogen-bond donors (Lipinski definition) is 0. The Morgan fingerprint density at radius 2 is 2.00 bits per heavy atom. The number of hydrogen-bond acceptors (Lipinski definition) is 3. The summed E-state index contributed by atoms with van der Waals surface area (Å²) in [4.78, 5) is 19.6. The molecule has 0 N–H and O–H groups in total. The van der Waals surface area contributed by atoms with Crippen molar-refractivity contribution in [1.29, 1.82) is 0 Å². The molecule has 0 radical (unpaired) electrons. The van der Waals surface area contributed by atoms with Crippen LogP contribution in [0.4, 0.5) is 13.2 Å². The van der Waals surface area contributed by atoms with Crippen LogP contribution in [-0.4, -0.2) is 30.1 Å². The van der Waals surface area contributed by atoms with E-state index in [9.17, 15) is 18.0 Å². The van der Waals surface area contributed by atoms with E-state index in [0.717, 1.165) is 17.2 Å². The maximum Gasteiger partial charge on any atom is 0.433 e. The van der Waals surface area contributed by atoms with E-state index in [0.29, 0.717) is 0 Å². The molecule has 0 fully saturated rings. The number of alkyl halides is 3. The molecule has 1 aromatic heterocycles. The first kappa shape index (κ1) is 13.4. The van der Waals surface area contributed by atoms with Crippen molar-refractivity contribution >= 4 is 5.91 Å². The second-order valence-corrected chi connectivity index (χ2v) is 3.31. The zero-order chi connectivity index (χ0) is 13.2. The molecule has 0 saturated heterocycles. The first-order valence-corrected chi connectivity index (χ1v) is 4.64. The van der Waals surface area contributed by atoms with Crippen molar-refractivity contribution < 1.29 is 22.8 Å². The highest BCUT2D eigenvalue weighted by Gasteiger charge is 2.33. The third-order valence-corrected chi connectivity index (χ3v) is 2.17. The number of rotatable bonds is 2. The van der Waals surface area contributed by atoms with E-state index in [4.69, 9.17) is 0 Å². The predicted octanol–water partition coefficient (Wildman–Crippen LogP) is 2.04. The number of carbonyl (C=O) groups is 1. The topological polar surface area (TPSA) is 42.4 Å². The van der Waals surface area contributed by atoms with Crippen molar-refractivity contribution in [2.45, 2.75) is 13.1 Å². The van der Waals surface area contributed by atoms with Crippen molar-refractivity contribution in [1.82, 2.24) is 10.0 Å². The molecule has 1 amide bonds. The molecule has 1 aromatic rings. The first-order chi connectivity index (χ1) is 7.77. The number of aryl methyl sites for hydroxylation is 1. The number of halogens is 3. The van der Waals surface area contributed by atoms with Crippen LogP contribution in [0.5, 0.6) is 0 Å². The molecular weight excluding hydrogens is 237 g/mol. The number of amides is 1. The molecule has 0 spiro atoms. The molecule has 94 valence electrons. The summed E-state index contributed by atoms with van der Waals surface area (Å²) >= 11 is 0. The zero-order valence-corrected chi connectivity index (χ0v) is 9.50. The van der Waals surface area contributed by atoms with Gasteiger partial charge in [-0.3, -0.25) is 9.63 Å². The summed E-state index contributed by atoms with van der Waals surface area (Å²) in [7, 11) is 2.64. The van der Waals surface area contributed by atoms with Gasteiger partial charge in [-0.15, -0.1) is 0 Å². The van der Waals surface area contributed by atoms with Crippen molar-refractivity contribution in [3.8, 4) is 0 Å². The Morgan fingerprint density at radius 1 is 1.41 bits per heavy atom. The second-order valence-electron chi connectivity index (χ2n) is 3.31. The molecule has 0 aromatic carbocycles. The third kappa shape index (κ3) is 2.94. The van der Waals surface area contributed by atoms with Crippen molar-refractivity contribution in [2.75, 3.05) is 14.2 Å². The van der Waals surface area contributed by atoms with Gasteiger partial charge in [0, 0.05) is 7.05 Å². The summed E-state index contributed by atoms with van der Waals surface area (Å²) in [5.41, 5.74) is -0.942. The third-order valence-electron chi connectivity index (χ3n) is 2.17. The summed E-state index contributed by atoms with van der Waals surface area (Å²) in [6.45, 7) is 1.34. The Balaban J connectivity index is 3.11. The molecule has 0 atom stereocenters. The fraction of sp³-hybridized carbons (Fsp3) is 0.400.